The van der Waals surface area contributed by atoms with Gasteiger partial charge in [0.05, 0.1) is 30.5 Å². The van der Waals surface area contributed by atoms with E-state index in [1.165, 1.54) is 0 Å². The van der Waals surface area contributed by atoms with Crippen LogP contribution >= 0.6 is 0 Å². The fourth-order valence-corrected chi connectivity index (χ4v) is 3.19. The number of aromatic nitrogens is 1. The summed E-state index contributed by atoms with van der Waals surface area (Å²) in [4.78, 5) is 11.7. The molecule has 0 aliphatic heterocycles. The lowest BCUT2D eigenvalue weighted by Crippen LogP contribution is -2.13. The molecule has 0 aliphatic rings. The largest absolute Gasteiger partial charge is 0.497 e. The van der Waals surface area contributed by atoms with Gasteiger partial charge >= 0.3 is 6.09 Å². The van der Waals surface area contributed by atoms with E-state index in [9.17, 15) is 10.1 Å². The van der Waals surface area contributed by atoms with Crippen LogP contribution in [0.4, 0.5) is 10.5 Å². The molecule has 1 aromatic heterocycles. The van der Waals surface area contributed by atoms with E-state index in [1.54, 1.807) is 26.4 Å². The van der Waals surface area contributed by atoms with Gasteiger partial charge in [-0.2, -0.15) is 5.26 Å². The van der Waals surface area contributed by atoms with Gasteiger partial charge in [-0.05, 0) is 36.2 Å². The van der Waals surface area contributed by atoms with Crippen molar-refractivity contribution in [2.24, 2.45) is 0 Å². The zero-order valence-corrected chi connectivity index (χ0v) is 16.7. The molecule has 29 heavy (non-hydrogen) atoms. The molecule has 0 saturated carbocycles. The third-order valence-electron chi connectivity index (χ3n) is 4.48. The number of methoxy groups -OCH3 is 2. The fourth-order valence-electron chi connectivity index (χ4n) is 3.19. The molecule has 1 N–H and O–H groups in total. The van der Waals surface area contributed by atoms with Crippen LogP contribution in [0, 0.1) is 11.3 Å². The Morgan fingerprint density at radius 3 is 2.55 bits per heavy atom. The van der Waals surface area contributed by atoms with E-state index < -0.39 is 6.09 Å². The maximum absolute atomic E-state index is 11.7. The number of hydrogen-bond donors (Lipinski definition) is 1. The van der Waals surface area contributed by atoms with E-state index in [4.69, 9.17) is 14.2 Å². The molecule has 1 amide bonds. The van der Waals surface area contributed by atoms with E-state index in [-0.39, 0.29) is 6.73 Å². The number of amides is 1. The Kier molecular flexibility index (Phi) is 6.37. The summed E-state index contributed by atoms with van der Waals surface area (Å²) in [6.07, 6.45) is 0.274. The van der Waals surface area contributed by atoms with Gasteiger partial charge in [0, 0.05) is 24.2 Å². The standard InChI is InChI=1S/C22H23N3O4/c1-4-11-29-22(26)24-16-7-5-15(6-8-16)21-19(13-23)18-10-9-17(28-3)12-20(18)25(21)14-27-2/h5-10,12H,4,11,14H2,1-3H3,(H,24,26). The molecule has 0 saturated heterocycles. The molecule has 3 rings (SSSR count). The first kappa shape index (κ1) is 20.2. The highest BCUT2D eigenvalue weighted by Crippen LogP contribution is 2.35. The second-order valence-corrected chi connectivity index (χ2v) is 6.40. The molecule has 0 unspecified atom stereocenters. The lowest BCUT2D eigenvalue weighted by Gasteiger charge is -2.11. The molecule has 0 atom stereocenters. The topological polar surface area (TPSA) is 85.5 Å². The van der Waals surface area contributed by atoms with Crippen molar-refractivity contribution < 1.29 is 19.0 Å². The van der Waals surface area contributed by atoms with Crippen molar-refractivity contribution in [3.05, 3.63) is 48.0 Å². The van der Waals surface area contributed by atoms with Gasteiger partial charge in [0.2, 0.25) is 0 Å². The fraction of sp³-hybridized carbons (Fsp3) is 0.273. The first-order valence-electron chi connectivity index (χ1n) is 9.26. The number of hydrogen-bond acceptors (Lipinski definition) is 5. The van der Waals surface area contributed by atoms with Crippen molar-refractivity contribution in [1.82, 2.24) is 4.57 Å². The zero-order valence-electron chi connectivity index (χ0n) is 16.7. The number of fused-ring (bicyclic) bond motifs is 1. The Morgan fingerprint density at radius 2 is 1.93 bits per heavy atom. The van der Waals surface area contributed by atoms with Gasteiger partial charge in [0.1, 0.15) is 18.5 Å². The first-order valence-corrected chi connectivity index (χ1v) is 9.26. The third kappa shape index (κ3) is 4.18. The van der Waals surface area contributed by atoms with Crippen LogP contribution in [0.25, 0.3) is 22.2 Å². The van der Waals surface area contributed by atoms with Crippen molar-refractivity contribution in [1.29, 1.82) is 5.26 Å². The summed E-state index contributed by atoms with van der Waals surface area (Å²) in [7, 11) is 3.21. The summed E-state index contributed by atoms with van der Waals surface area (Å²) in [5.41, 5.74) is 3.61. The average Bonchev–Trinajstić information content (AvgIpc) is 3.05. The van der Waals surface area contributed by atoms with E-state index in [0.29, 0.717) is 23.6 Å². The minimum Gasteiger partial charge on any atom is -0.497 e. The van der Waals surface area contributed by atoms with Crippen LogP contribution in [0.2, 0.25) is 0 Å². The molecule has 3 aromatic rings. The molecule has 0 radical (unpaired) electrons. The number of rotatable bonds is 7. The molecule has 7 heteroatoms. The SMILES string of the molecule is CCCOC(=O)Nc1ccc(-c2c(C#N)c3ccc(OC)cc3n2COC)cc1. The summed E-state index contributed by atoms with van der Waals surface area (Å²) in [6, 6.07) is 15.2. The van der Waals surface area contributed by atoms with Crippen LogP contribution in [0.3, 0.4) is 0 Å². The molecule has 0 aliphatic carbocycles. The van der Waals surface area contributed by atoms with Gasteiger partial charge in [-0.1, -0.05) is 19.1 Å². The highest BCUT2D eigenvalue weighted by atomic mass is 16.5. The number of ether oxygens (including phenoxy) is 3. The van der Waals surface area contributed by atoms with Gasteiger partial charge in [-0.3, -0.25) is 5.32 Å². The average molecular weight is 393 g/mol. The molecule has 2 aromatic carbocycles. The molecular weight excluding hydrogens is 370 g/mol. The van der Waals surface area contributed by atoms with Crippen molar-refractivity contribution in [2.45, 2.75) is 20.1 Å². The van der Waals surface area contributed by atoms with Crippen LogP contribution in [0.5, 0.6) is 5.75 Å². The second kappa shape index (κ2) is 9.13. The lowest BCUT2D eigenvalue weighted by atomic mass is 10.1. The van der Waals surface area contributed by atoms with E-state index in [0.717, 1.165) is 28.6 Å². The molecule has 0 bridgehead atoms. The number of nitriles is 1. The van der Waals surface area contributed by atoms with Gasteiger partial charge in [-0.15, -0.1) is 0 Å². The van der Waals surface area contributed by atoms with Crippen molar-refractivity contribution >= 4 is 22.7 Å². The van der Waals surface area contributed by atoms with Gasteiger partial charge in [0.15, 0.2) is 0 Å². The van der Waals surface area contributed by atoms with Gasteiger partial charge < -0.3 is 18.8 Å². The Hall–Kier alpha value is -3.50. The van der Waals surface area contributed by atoms with Crippen LogP contribution in [0.1, 0.15) is 18.9 Å². The predicted molar refractivity (Wildman–Crippen MR) is 111 cm³/mol. The Labute approximate surface area is 169 Å². The smallest absolute Gasteiger partial charge is 0.411 e. The quantitative estimate of drug-likeness (QED) is 0.626. The Morgan fingerprint density at radius 1 is 1.17 bits per heavy atom. The molecule has 150 valence electrons. The van der Waals surface area contributed by atoms with Crippen LogP contribution in [-0.2, 0) is 16.2 Å². The molecule has 1 heterocycles. The van der Waals surface area contributed by atoms with Crippen molar-refractivity contribution in [3.8, 4) is 23.1 Å². The van der Waals surface area contributed by atoms with Crippen molar-refractivity contribution in [3.63, 3.8) is 0 Å². The summed E-state index contributed by atoms with van der Waals surface area (Å²) >= 11 is 0. The van der Waals surface area contributed by atoms with E-state index >= 15 is 0 Å². The normalized spacial score (nSPS) is 10.6. The van der Waals surface area contributed by atoms with E-state index in [2.05, 4.69) is 11.4 Å². The number of nitrogens with one attached hydrogen (secondary N) is 1. The van der Waals surface area contributed by atoms with Crippen LogP contribution < -0.4 is 10.1 Å². The highest BCUT2D eigenvalue weighted by Gasteiger charge is 2.19. The number of carbonyl (C=O) groups is 1. The molecule has 0 fully saturated rings. The monoisotopic (exact) mass is 393 g/mol. The minimum absolute atomic E-state index is 0.282. The number of nitrogens with zero attached hydrogens (tertiary/aromatic N) is 2. The number of benzene rings is 2. The molecule has 7 nitrogen and oxygen atoms in total. The van der Waals surface area contributed by atoms with Gasteiger partial charge in [0.25, 0.3) is 0 Å². The molecular formula is C22H23N3O4. The highest BCUT2D eigenvalue weighted by molar-refractivity contribution is 5.95. The van der Waals surface area contributed by atoms with E-state index in [1.807, 2.05) is 41.8 Å². The Bertz CT molecular complexity index is 1050. The predicted octanol–water partition coefficient (Wildman–Crippen LogP) is 4.75. The van der Waals surface area contributed by atoms with Gasteiger partial charge in [-0.25, -0.2) is 4.79 Å². The lowest BCUT2D eigenvalue weighted by molar-refractivity contribution is 0.136. The number of carbonyl (C=O) groups excluding carboxylic acids is 1. The number of anilines is 1. The third-order valence-corrected chi connectivity index (χ3v) is 4.48. The zero-order chi connectivity index (χ0) is 20.8. The van der Waals surface area contributed by atoms with Crippen LogP contribution in [-0.4, -0.2) is 31.5 Å². The summed E-state index contributed by atoms with van der Waals surface area (Å²) < 4.78 is 17.7. The Balaban J connectivity index is 2.03. The summed E-state index contributed by atoms with van der Waals surface area (Å²) in [5.74, 6) is 0.702. The molecule has 0 spiro atoms. The maximum atomic E-state index is 11.7. The van der Waals surface area contributed by atoms with Crippen LogP contribution in [0.15, 0.2) is 42.5 Å². The second-order valence-electron chi connectivity index (χ2n) is 6.40. The minimum atomic E-state index is -0.488. The van der Waals surface area contributed by atoms with Crippen molar-refractivity contribution in [2.75, 3.05) is 26.1 Å². The maximum Gasteiger partial charge on any atom is 0.411 e. The summed E-state index contributed by atoms with van der Waals surface area (Å²) in [5, 5.41) is 13.3. The summed E-state index contributed by atoms with van der Waals surface area (Å²) in [6.45, 7) is 2.59. The first-order chi connectivity index (χ1) is 14.1.